The van der Waals surface area contributed by atoms with E-state index in [0.717, 1.165) is 6.92 Å². The van der Waals surface area contributed by atoms with E-state index in [4.69, 9.17) is 11.6 Å². The molecular formula is C9H5ClF3NO3. The predicted molar refractivity (Wildman–Crippen MR) is 53.1 cm³/mol. The first kappa shape index (κ1) is 13.4. The zero-order valence-electron chi connectivity index (χ0n) is 8.34. The molecule has 0 spiro atoms. The molecule has 0 aliphatic carbocycles. The van der Waals surface area contributed by atoms with E-state index >= 15 is 0 Å². The van der Waals surface area contributed by atoms with E-state index in [2.05, 4.69) is 0 Å². The van der Waals surface area contributed by atoms with Gasteiger partial charge >= 0.3 is 6.18 Å². The topological polar surface area (TPSA) is 60.2 Å². The highest BCUT2D eigenvalue weighted by Gasteiger charge is 2.35. The Morgan fingerprint density at radius 3 is 2.29 bits per heavy atom. The van der Waals surface area contributed by atoms with Crippen LogP contribution >= 0.6 is 11.6 Å². The smallest absolute Gasteiger partial charge is 0.294 e. The minimum atomic E-state index is -4.76. The summed E-state index contributed by atoms with van der Waals surface area (Å²) in [5.41, 5.74) is -2.74. The first-order chi connectivity index (χ1) is 7.64. The van der Waals surface area contributed by atoms with Crippen LogP contribution in [-0.2, 0) is 6.18 Å². The molecule has 1 rings (SSSR count). The highest BCUT2D eigenvalue weighted by atomic mass is 35.5. The fourth-order valence-corrected chi connectivity index (χ4v) is 1.60. The lowest BCUT2D eigenvalue weighted by molar-refractivity contribution is -0.385. The summed E-state index contributed by atoms with van der Waals surface area (Å²) >= 11 is 5.45. The van der Waals surface area contributed by atoms with Crippen molar-refractivity contribution in [3.8, 4) is 0 Å². The van der Waals surface area contributed by atoms with Crippen LogP contribution in [-0.4, -0.2) is 10.7 Å². The molecule has 0 aliphatic heterocycles. The average molecular weight is 268 g/mol. The van der Waals surface area contributed by atoms with Crippen molar-refractivity contribution in [2.45, 2.75) is 13.1 Å². The molecule has 0 aromatic heterocycles. The Balaban J connectivity index is 3.58. The van der Waals surface area contributed by atoms with Gasteiger partial charge in [0.05, 0.1) is 15.5 Å². The first-order valence-electron chi connectivity index (χ1n) is 4.20. The van der Waals surface area contributed by atoms with Crippen LogP contribution in [0.4, 0.5) is 18.9 Å². The minimum absolute atomic E-state index is 0.294. The molecular weight excluding hydrogens is 263 g/mol. The predicted octanol–water partition coefficient (Wildman–Crippen LogP) is 3.47. The quantitative estimate of drug-likeness (QED) is 0.468. The summed E-state index contributed by atoms with van der Waals surface area (Å²) in [6.07, 6.45) is -4.76. The van der Waals surface area contributed by atoms with Gasteiger partial charge in [-0.25, -0.2) is 0 Å². The molecule has 0 saturated carbocycles. The van der Waals surface area contributed by atoms with Crippen LogP contribution in [0.15, 0.2) is 12.1 Å². The van der Waals surface area contributed by atoms with Gasteiger partial charge < -0.3 is 0 Å². The van der Waals surface area contributed by atoms with Crippen molar-refractivity contribution in [3.05, 3.63) is 38.4 Å². The van der Waals surface area contributed by atoms with Crippen LogP contribution in [0.1, 0.15) is 22.8 Å². The fourth-order valence-electron chi connectivity index (χ4n) is 1.25. The van der Waals surface area contributed by atoms with Gasteiger partial charge in [0.2, 0.25) is 0 Å². The number of carbonyl (C=O) groups is 1. The molecule has 4 nitrogen and oxygen atoms in total. The number of benzene rings is 1. The lowest BCUT2D eigenvalue weighted by Crippen LogP contribution is -2.09. The molecule has 0 amide bonds. The molecule has 0 unspecified atom stereocenters. The maximum Gasteiger partial charge on any atom is 0.416 e. The molecule has 92 valence electrons. The third kappa shape index (κ3) is 2.73. The molecule has 0 fully saturated rings. The normalized spacial score (nSPS) is 11.4. The SMILES string of the molecule is CC(=O)c1c(Cl)cc(C(F)(F)F)cc1[N+](=O)[O-]. The van der Waals surface area contributed by atoms with Crippen LogP contribution in [0.5, 0.6) is 0 Å². The van der Waals surface area contributed by atoms with Crippen molar-refractivity contribution in [3.63, 3.8) is 0 Å². The molecule has 0 atom stereocenters. The molecule has 1 aromatic carbocycles. The number of rotatable bonds is 2. The number of hydrogen-bond donors (Lipinski definition) is 0. The number of Topliss-reactive ketones (excluding diaryl/α,β-unsaturated/α-hetero) is 1. The number of nitro groups is 1. The second-order valence-electron chi connectivity index (χ2n) is 3.16. The highest BCUT2D eigenvalue weighted by Crippen LogP contribution is 2.36. The Morgan fingerprint density at radius 2 is 1.94 bits per heavy atom. The number of carbonyl (C=O) groups excluding carboxylic acids is 1. The lowest BCUT2D eigenvalue weighted by Gasteiger charge is -2.09. The Morgan fingerprint density at radius 1 is 1.41 bits per heavy atom. The van der Waals surface area contributed by atoms with Crippen LogP contribution in [0.25, 0.3) is 0 Å². The third-order valence-corrected chi connectivity index (χ3v) is 2.24. The Labute approximate surface area is 98.1 Å². The molecule has 0 saturated heterocycles. The summed E-state index contributed by atoms with van der Waals surface area (Å²) in [4.78, 5) is 20.6. The van der Waals surface area contributed by atoms with Crippen molar-refractivity contribution in [1.82, 2.24) is 0 Å². The number of alkyl halides is 3. The second-order valence-corrected chi connectivity index (χ2v) is 3.57. The maximum absolute atomic E-state index is 12.4. The zero-order valence-corrected chi connectivity index (χ0v) is 9.09. The molecule has 17 heavy (non-hydrogen) atoms. The van der Waals surface area contributed by atoms with E-state index in [1.807, 2.05) is 0 Å². The number of nitrogens with zero attached hydrogens (tertiary/aromatic N) is 1. The number of ketones is 1. The van der Waals surface area contributed by atoms with Crippen molar-refractivity contribution < 1.29 is 22.9 Å². The first-order valence-corrected chi connectivity index (χ1v) is 4.58. The largest absolute Gasteiger partial charge is 0.416 e. The van der Waals surface area contributed by atoms with E-state index in [-0.39, 0.29) is 0 Å². The summed E-state index contributed by atoms with van der Waals surface area (Å²) in [6, 6.07) is 0.786. The monoisotopic (exact) mass is 267 g/mol. The minimum Gasteiger partial charge on any atom is -0.294 e. The van der Waals surface area contributed by atoms with Gasteiger partial charge in [0.1, 0.15) is 5.56 Å². The average Bonchev–Trinajstić information content (AvgIpc) is 2.13. The number of nitro benzene ring substituents is 1. The van der Waals surface area contributed by atoms with Crippen molar-refractivity contribution in [2.75, 3.05) is 0 Å². The van der Waals surface area contributed by atoms with Gasteiger partial charge in [-0.2, -0.15) is 13.2 Å². The molecule has 1 aromatic rings. The molecule has 0 N–H and O–H groups in total. The summed E-state index contributed by atoms with van der Waals surface area (Å²) < 4.78 is 37.1. The second kappa shape index (κ2) is 4.33. The van der Waals surface area contributed by atoms with Crippen LogP contribution < -0.4 is 0 Å². The van der Waals surface area contributed by atoms with E-state index in [1.165, 1.54) is 0 Å². The van der Waals surface area contributed by atoms with Gasteiger partial charge in [-0.05, 0) is 13.0 Å². The van der Waals surface area contributed by atoms with Gasteiger partial charge in [0.15, 0.2) is 5.78 Å². The van der Waals surface area contributed by atoms with E-state index in [0.29, 0.717) is 12.1 Å². The van der Waals surface area contributed by atoms with Gasteiger partial charge in [-0.15, -0.1) is 0 Å². The van der Waals surface area contributed by atoms with Crippen molar-refractivity contribution in [1.29, 1.82) is 0 Å². The van der Waals surface area contributed by atoms with Gasteiger partial charge in [0.25, 0.3) is 5.69 Å². The van der Waals surface area contributed by atoms with Crippen molar-refractivity contribution >= 4 is 23.1 Å². The summed E-state index contributed by atoms with van der Waals surface area (Å²) in [5.74, 6) is -0.768. The standard InChI is InChI=1S/C9H5ClF3NO3/c1-4(15)8-6(10)2-5(9(11,12)13)3-7(8)14(16)17/h2-3H,1H3. The molecule has 0 heterocycles. The van der Waals surface area contributed by atoms with Crippen molar-refractivity contribution in [2.24, 2.45) is 0 Å². The molecule has 0 aliphatic rings. The van der Waals surface area contributed by atoms with Gasteiger partial charge in [-0.3, -0.25) is 14.9 Å². The summed E-state index contributed by atoms with van der Waals surface area (Å²) in [7, 11) is 0. The van der Waals surface area contributed by atoms with E-state index in [1.54, 1.807) is 0 Å². The van der Waals surface area contributed by atoms with E-state index in [9.17, 15) is 28.1 Å². The molecule has 0 radical (unpaired) electrons. The maximum atomic E-state index is 12.4. The molecule has 8 heteroatoms. The summed E-state index contributed by atoms with van der Waals surface area (Å²) in [6.45, 7) is 0.988. The lowest BCUT2D eigenvalue weighted by atomic mass is 10.1. The zero-order chi connectivity index (χ0) is 13.4. The van der Waals surface area contributed by atoms with Crippen LogP contribution in [0.3, 0.4) is 0 Å². The Kier molecular flexibility index (Phi) is 3.42. The Bertz CT molecular complexity index is 499. The number of hydrogen-bond acceptors (Lipinski definition) is 3. The number of halogens is 4. The third-order valence-electron chi connectivity index (χ3n) is 1.95. The molecule has 0 bridgehead atoms. The fraction of sp³-hybridized carbons (Fsp3) is 0.222. The van der Waals surface area contributed by atoms with E-state index < -0.39 is 38.7 Å². The van der Waals surface area contributed by atoms with Gasteiger partial charge in [-0.1, -0.05) is 11.6 Å². The van der Waals surface area contributed by atoms with Crippen LogP contribution in [0, 0.1) is 10.1 Å². The van der Waals surface area contributed by atoms with Gasteiger partial charge in [0, 0.05) is 6.07 Å². The Hall–Kier alpha value is -1.63. The highest BCUT2D eigenvalue weighted by molar-refractivity contribution is 6.34. The van der Waals surface area contributed by atoms with Crippen LogP contribution in [0.2, 0.25) is 5.02 Å². The summed E-state index contributed by atoms with van der Waals surface area (Å²) in [5, 5.41) is 10.0.